The minimum Gasteiger partial charge on any atom is -0.395 e. The molecule has 0 unspecified atom stereocenters. The van der Waals surface area contributed by atoms with Crippen molar-refractivity contribution >= 4 is 24.7 Å². The van der Waals surface area contributed by atoms with Crippen molar-refractivity contribution in [3.63, 3.8) is 0 Å². The van der Waals surface area contributed by atoms with Gasteiger partial charge in [-0.1, -0.05) is 12.1 Å². The third kappa shape index (κ3) is 2.52. The summed E-state index contributed by atoms with van der Waals surface area (Å²) in [7, 11) is 2.09. The summed E-state index contributed by atoms with van der Waals surface area (Å²) in [5, 5.41) is 0. The van der Waals surface area contributed by atoms with E-state index in [0.717, 1.165) is 11.5 Å². The van der Waals surface area contributed by atoms with Gasteiger partial charge in [-0.2, -0.15) is 0 Å². The van der Waals surface area contributed by atoms with Crippen molar-refractivity contribution in [1.82, 2.24) is 9.97 Å². The van der Waals surface area contributed by atoms with E-state index in [-0.39, 0.29) is 21.1 Å². The number of fused-ring (bicyclic) bond motifs is 1. The fraction of sp³-hybridized carbons (Fsp3) is 0.231. The van der Waals surface area contributed by atoms with Gasteiger partial charge in [-0.05, 0) is 32.0 Å². The molecule has 4 nitrogen and oxygen atoms in total. The third-order valence-corrected chi connectivity index (χ3v) is 3.03. The predicted octanol–water partition coefficient (Wildman–Crippen LogP) is 2.37. The molecule has 0 bridgehead atoms. The molecule has 99 valence electrons. The van der Waals surface area contributed by atoms with Gasteiger partial charge in [0.25, 0.3) is 0 Å². The fourth-order valence-corrected chi connectivity index (χ4v) is 2.16. The van der Waals surface area contributed by atoms with E-state index in [1.807, 2.05) is 12.1 Å². The van der Waals surface area contributed by atoms with Gasteiger partial charge in [0.1, 0.15) is 12.1 Å². The summed E-state index contributed by atoms with van der Waals surface area (Å²) in [6.07, 6.45) is 3.33. The summed E-state index contributed by atoms with van der Waals surface area (Å²) < 4.78 is 0. The number of hydrogen-bond acceptors (Lipinski definition) is 4. The largest absolute Gasteiger partial charge is 0.397 e. The molecule has 6 heteroatoms. The number of rotatable bonds is 2. The average molecular weight is 432 g/mol. The molecule has 1 aromatic carbocycles. The molecule has 0 saturated heterocycles. The van der Waals surface area contributed by atoms with Crippen molar-refractivity contribution < 1.29 is 21.1 Å². The molecule has 0 fully saturated rings. The van der Waals surface area contributed by atoms with Crippen LogP contribution in [0.25, 0.3) is 0 Å². The first-order valence-electron chi connectivity index (χ1n) is 6.05. The zero-order valence-electron chi connectivity index (χ0n) is 10.8. The van der Waals surface area contributed by atoms with Gasteiger partial charge in [-0.15, -0.1) is 0 Å². The van der Waals surface area contributed by atoms with Crippen molar-refractivity contribution in [2.45, 2.75) is 19.9 Å². The van der Waals surface area contributed by atoms with Gasteiger partial charge in [0.05, 0.1) is 5.69 Å². The molecule has 0 spiro atoms. The molecule has 2 aromatic rings. The predicted molar refractivity (Wildman–Crippen MR) is 74.0 cm³/mol. The van der Waals surface area contributed by atoms with Crippen LogP contribution in [0.15, 0.2) is 42.9 Å². The molecule has 0 aliphatic carbocycles. The van der Waals surface area contributed by atoms with Crippen LogP contribution in [-0.2, 0) is 21.1 Å². The maximum absolute atomic E-state index is 4.31. The van der Waals surface area contributed by atoms with E-state index in [1.54, 1.807) is 12.5 Å². The third-order valence-electron chi connectivity index (χ3n) is 3.03. The molecule has 0 saturated carbocycles. The summed E-state index contributed by atoms with van der Waals surface area (Å²) in [5.41, 5.74) is 2.37. The Morgan fingerprint density at radius 3 is 2.47 bits per heavy atom. The molecule has 3 rings (SSSR count). The quantitative estimate of drug-likeness (QED) is 0.683. The molecule has 19 heavy (non-hydrogen) atoms. The van der Waals surface area contributed by atoms with Crippen LogP contribution in [0, 0.1) is 0 Å². The van der Waals surface area contributed by atoms with Crippen LogP contribution < -0.4 is 9.62 Å². The summed E-state index contributed by atoms with van der Waals surface area (Å²) in [4.78, 5) is 12.6. The van der Waals surface area contributed by atoms with E-state index < -0.39 is 0 Å². The van der Waals surface area contributed by atoms with Crippen LogP contribution in [0.3, 0.4) is 0 Å². The molecule has 2 heterocycles. The number of para-hydroxylation sites is 2. The first-order chi connectivity index (χ1) is 8.77. The number of aromatic nitrogens is 2. The molecular formula is C13H14BN4Pt. The SMILES string of the molecule is CC(C)N1[B]N(c2ccncn2)c2ccccc21.[Pt]. The minimum atomic E-state index is 0. The monoisotopic (exact) mass is 432 g/mol. The second-order valence-corrected chi connectivity index (χ2v) is 4.54. The zero-order chi connectivity index (χ0) is 12.5. The molecule has 1 aromatic heterocycles. The number of benzene rings is 1. The van der Waals surface area contributed by atoms with Gasteiger partial charge in [0.2, 0.25) is 0 Å². The summed E-state index contributed by atoms with van der Waals surface area (Å²) >= 11 is 0. The summed E-state index contributed by atoms with van der Waals surface area (Å²) in [6.45, 7) is 4.35. The van der Waals surface area contributed by atoms with Crippen LogP contribution >= 0.6 is 0 Å². The second-order valence-electron chi connectivity index (χ2n) is 4.54. The van der Waals surface area contributed by atoms with Crippen LogP contribution in [0.1, 0.15) is 13.8 Å². The Morgan fingerprint density at radius 1 is 1.11 bits per heavy atom. The second kappa shape index (κ2) is 5.74. The van der Waals surface area contributed by atoms with Crippen molar-refractivity contribution in [3.8, 4) is 0 Å². The Hall–Kier alpha value is -1.35. The Labute approximate surface area is 128 Å². The van der Waals surface area contributed by atoms with Crippen LogP contribution in [-0.4, -0.2) is 23.6 Å². The molecule has 0 atom stereocenters. The summed E-state index contributed by atoms with van der Waals surface area (Å²) in [6, 6.07) is 10.7. The van der Waals surface area contributed by atoms with E-state index >= 15 is 0 Å². The van der Waals surface area contributed by atoms with Gasteiger partial charge in [0.15, 0.2) is 0 Å². The van der Waals surface area contributed by atoms with Gasteiger partial charge in [-0.3, -0.25) is 0 Å². The molecule has 0 N–H and O–H groups in total. The zero-order valence-corrected chi connectivity index (χ0v) is 13.1. The minimum absolute atomic E-state index is 0. The van der Waals surface area contributed by atoms with Gasteiger partial charge in [-0.25, -0.2) is 9.97 Å². The molecular weight excluding hydrogens is 418 g/mol. The molecule has 1 aliphatic rings. The number of nitrogens with zero attached hydrogens (tertiary/aromatic N) is 4. The van der Waals surface area contributed by atoms with Crippen LogP contribution in [0.2, 0.25) is 0 Å². The van der Waals surface area contributed by atoms with E-state index in [1.165, 1.54) is 5.69 Å². The molecule has 1 radical (unpaired) electrons. The van der Waals surface area contributed by atoms with E-state index in [4.69, 9.17) is 0 Å². The molecule has 0 amide bonds. The first-order valence-corrected chi connectivity index (χ1v) is 6.05. The van der Waals surface area contributed by atoms with Crippen LogP contribution in [0.4, 0.5) is 17.2 Å². The Kier molecular flexibility index (Phi) is 4.25. The van der Waals surface area contributed by atoms with Gasteiger partial charge >= 0.3 is 7.55 Å². The number of hydrogen-bond donors (Lipinski definition) is 0. The van der Waals surface area contributed by atoms with E-state index in [2.05, 4.69) is 59.2 Å². The van der Waals surface area contributed by atoms with E-state index in [9.17, 15) is 0 Å². The average Bonchev–Trinajstić information content (AvgIpc) is 2.79. The van der Waals surface area contributed by atoms with Crippen molar-refractivity contribution in [3.05, 3.63) is 42.9 Å². The van der Waals surface area contributed by atoms with E-state index in [0.29, 0.717) is 6.04 Å². The fourth-order valence-electron chi connectivity index (χ4n) is 2.16. The Bertz CT molecular complexity index is 549. The maximum Gasteiger partial charge on any atom is 0.397 e. The van der Waals surface area contributed by atoms with Gasteiger partial charge < -0.3 is 9.62 Å². The topological polar surface area (TPSA) is 32.3 Å². The smallest absolute Gasteiger partial charge is 0.395 e. The van der Waals surface area contributed by atoms with Crippen molar-refractivity contribution in [1.29, 1.82) is 0 Å². The van der Waals surface area contributed by atoms with Gasteiger partial charge in [0, 0.05) is 39.0 Å². The number of anilines is 3. The Morgan fingerprint density at radius 2 is 1.84 bits per heavy atom. The van der Waals surface area contributed by atoms with Crippen molar-refractivity contribution in [2.75, 3.05) is 9.62 Å². The standard InChI is InChI=1S/C13H14BN4.Pt/c1-10(2)17-11-5-3-4-6-12(11)18(14-17)13-7-8-15-9-16-13;/h3-10H,1-2H3;. The normalized spacial score (nSPS) is 13.0. The first kappa shape index (κ1) is 14.1. The Balaban J connectivity index is 0.00000133. The summed E-state index contributed by atoms with van der Waals surface area (Å²) in [5.74, 6) is 0.889. The van der Waals surface area contributed by atoms with Crippen molar-refractivity contribution in [2.24, 2.45) is 0 Å². The maximum atomic E-state index is 4.31. The molecule has 1 aliphatic heterocycles. The van der Waals surface area contributed by atoms with Crippen LogP contribution in [0.5, 0.6) is 0 Å².